The molecule has 0 aliphatic carbocycles. The minimum absolute atomic E-state index is 0.183. The summed E-state index contributed by atoms with van der Waals surface area (Å²) in [6.07, 6.45) is 1.08. The Hall–Kier alpha value is -1.86. The number of carbonyl (C=O) groups excluding carboxylic acids is 1. The molecule has 4 nitrogen and oxygen atoms in total. The first-order valence-corrected chi connectivity index (χ1v) is 7.48. The number of hydrogen-bond acceptors (Lipinski definition) is 4. The first-order chi connectivity index (χ1) is 10.1. The number of hydrogen-bond donors (Lipinski definition) is 0. The van der Waals surface area contributed by atoms with E-state index in [0.717, 1.165) is 13.1 Å². The normalized spacial score (nSPS) is 26.0. The largest absolute Gasteiger partial charge is 0.465 e. The van der Waals surface area contributed by atoms with E-state index < -0.39 is 5.41 Å². The quantitative estimate of drug-likeness (QED) is 0.799. The Kier molecular flexibility index (Phi) is 4.98. The number of likely N-dealkylation sites (tertiary alicyclic amines) is 1. The Morgan fingerprint density at radius 1 is 1.48 bits per heavy atom. The lowest BCUT2D eigenvalue weighted by Gasteiger charge is -2.40. The van der Waals surface area contributed by atoms with Crippen LogP contribution >= 0.6 is 0 Å². The van der Waals surface area contributed by atoms with Crippen LogP contribution in [0, 0.1) is 16.7 Å². The molecule has 1 aromatic rings. The van der Waals surface area contributed by atoms with Gasteiger partial charge in [-0.1, -0.05) is 30.3 Å². The average Bonchev–Trinajstić information content (AvgIpc) is 2.50. The van der Waals surface area contributed by atoms with E-state index in [1.807, 2.05) is 18.2 Å². The van der Waals surface area contributed by atoms with Crippen LogP contribution < -0.4 is 0 Å². The number of piperidine rings is 1. The van der Waals surface area contributed by atoms with Crippen LogP contribution in [0.3, 0.4) is 0 Å². The van der Waals surface area contributed by atoms with Gasteiger partial charge in [-0.05, 0) is 32.3 Å². The lowest BCUT2D eigenvalue weighted by molar-refractivity contribution is -0.155. The van der Waals surface area contributed by atoms with Crippen molar-refractivity contribution in [2.45, 2.75) is 39.3 Å². The van der Waals surface area contributed by atoms with Gasteiger partial charge < -0.3 is 4.74 Å². The van der Waals surface area contributed by atoms with Crippen molar-refractivity contribution in [3.8, 4) is 6.07 Å². The lowest BCUT2D eigenvalue weighted by atomic mass is 9.76. The number of esters is 1. The molecule has 2 rings (SSSR count). The third-order valence-electron chi connectivity index (χ3n) is 4.20. The summed E-state index contributed by atoms with van der Waals surface area (Å²) in [6, 6.07) is 12.7. The van der Waals surface area contributed by atoms with Crippen molar-refractivity contribution in [2.75, 3.05) is 13.2 Å². The van der Waals surface area contributed by atoms with Gasteiger partial charge in [-0.3, -0.25) is 9.69 Å². The zero-order valence-electron chi connectivity index (χ0n) is 12.7. The van der Waals surface area contributed by atoms with Crippen LogP contribution in [0.1, 0.15) is 32.3 Å². The van der Waals surface area contributed by atoms with E-state index in [4.69, 9.17) is 4.74 Å². The molecule has 0 N–H and O–H groups in total. The smallest absolute Gasteiger partial charge is 0.326 e. The van der Waals surface area contributed by atoms with E-state index >= 15 is 0 Å². The van der Waals surface area contributed by atoms with Gasteiger partial charge in [-0.15, -0.1) is 0 Å². The van der Waals surface area contributed by atoms with Gasteiger partial charge in [0.05, 0.1) is 12.7 Å². The number of carbonyl (C=O) groups is 1. The summed E-state index contributed by atoms with van der Waals surface area (Å²) in [5.41, 5.74) is 0.285. The summed E-state index contributed by atoms with van der Waals surface area (Å²) in [5.74, 6) is -0.362. The zero-order chi connectivity index (χ0) is 15.3. The van der Waals surface area contributed by atoms with Crippen molar-refractivity contribution in [3.05, 3.63) is 35.9 Å². The molecule has 0 saturated carbocycles. The van der Waals surface area contributed by atoms with Gasteiger partial charge in [0.1, 0.15) is 0 Å². The molecule has 2 atom stereocenters. The van der Waals surface area contributed by atoms with Crippen LogP contribution in [-0.4, -0.2) is 30.1 Å². The Balaban J connectivity index is 2.04. The maximum atomic E-state index is 12.1. The van der Waals surface area contributed by atoms with Crippen LogP contribution in [0.5, 0.6) is 0 Å². The van der Waals surface area contributed by atoms with Crippen molar-refractivity contribution in [3.63, 3.8) is 0 Å². The molecule has 1 saturated heterocycles. The molecule has 1 aliphatic rings. The van der Waals surface area contributed by atoms with Crippen molar-refractivity contribution in [1.29, 1.82) is 5.26 Å². The van der Waals surface area contributed by atoms with Crippen LogP contribution in [0.4, 0.5) is 0 Å². The molecule has 0 radical (unpaired) electrons. The van der Waals surface area contributed by atoms with Crippen LogP contribution in [0.25, 0.3) is 0 Å². The van der Waals surface area contributed by atoms with Gasteiger partial charge in [-0.2, -0.15) is 5.26 Å². The fourth-order valence-corrected chi connectivity index (χ4v) is 2.94. The van der Waals surface area contributed by atoms with Gasteiger partial charge >= 0.3 is 5.97 Å². The number of ether oxygens (including phenoxy) is 1. The molecule has 0 bridgehead atoms. The Morgan fingerprint density at radius 3 is 2.76 bits per heavy atom. The Morgan fingerprint density at radius 2 is 2.19 bits per heavy atom. The van der Waals surface area contributed by atoms with Crippen molar-refractivity contribution in [1.82, 2.24) is 4.90 Å². The molecule has 4 heteroatoms. The third kappa shape index (κ3) is 3.43. The van der Waals surface area contributed by atoms with Crippen molar-refractivity contribution in [2.24, 2.45) is 5.41 Å². The molecule has 0 aromatic heterocycles. The van der Waals surface area contributed by atoms with Gasteiger partial charge in [-0.25, -0.2) is 0 Å². The predicted octanol–water partition coefficient (Wildman–Crippen LogP) is 2.74. The molecular weight excluding hydrogens is 264 g/mol. The highest BCUT2D eigenvalue weighted by Gasteiger charge is 2.45. The SMILES string of the molecule is CCOC(=O)C1(C#N)CCN(Cc2ccccc2)C(C)C1. The third-order valence-corrected chi connectivity index (χ3v) is 4.20. The second-order valence-corrected chi connectivity index (χ2v) is 5.67. The summed E-state index contributed by atoms with van der Waals surface area (Å²) in [5, 5.41) is 9.46. The Bertz CT molecular complexity index is 523. The fourth-order valence-electron chi connectivity index (χ4n) is 2.94. The molecule has 112 valence electrons. The second kappa shape index (κ2) is 6.73. The van der Waals surface area contributed by atoms with E-state index in [1.165, 1.54) is 5.56 Å². The van der Waals surface area contributed by atoms with E-state index in [9.17, 15) is 10.1 Å². The minimum atomic E-state index is -0.970. The molecule has 0 spiro atoms. The van der Waals surface area contributed by atoms with Gasteiger partial charge in [0.2, 0.25) is 0 Å². The second-order valence-electron chi connectivity index (χ2n) is 5.67. The number of benzene rings is 1. The molecule has 1 aliphatic heterocycles. The van der Waals surface area contributed by atoms with Crippen LogP contribution in [-0.2, 0) is 16.1 Å². The highest BCUT2D eigenvalue weighted by molar-refractivity contribution is 5.80. The zero-order valence-corrected chi connectivity index (χ0v) is 12.7. The summed E-state index contributed by atoms with van der Waals surface area (Å²) in [7, 11) is 0. The molecule has 1 aromatic carbocycles. The van der Waals surface area contributed by atoms with Crippen LogP contribution in [0.2, 0.25) is 0 Å². The number of nitriles is 1. The summed E-state index contributed by atoms with van der Waals surface area (Å²) >= 11 is 0. The highest BCUT2D eigenvalue weighted by atomic mass is 16.5. The van der Waals surface area contributed by atoms with Crippen LogP contribution in [0.15, 0.2) is 30.3 Å². The number of rotatable bonds is 4. The highest BCUT2D eigenvalue weighted by Crippen LogP contribution is 2.36. The van der Waals surface area contributed by atoms with Gasteiger partial charge in [0.25, 0.3) is 0 Å². The standard InChI is InChI=1S/C17H22N2O2/c1-3-21-16(20)17(13-18)9-10-19(14(2)11-17)12-15-7-5-4-6-8-15/h4-8,14H,3,9-12H2,1-2H3. The molecular formula is C17H22N2O2. The van der Waals surface area contributed by atoms with Crippen molar-refractivity contribution >= 4 is 5.97 Å². The monoisotopic (exact) mass is 286 g/mol. The molecule has 2 unspecified atom stereocenters. The maximum absolute atomic E-state index is 12.1. The van der Waals surface area contributed by atoms with Gasteiger partial charge in [0.15, 0.2) is 5.41 Å². The summed E-state index contributed by atoms with van der Waals surface area (Å²) in [4.78, 5) is 14.4. The molecule has 1 heterocycles. The minimum Gasteiger partial charge on any atom is -0.465 e. The fraction of sp³-hybridized carbons (Fsp3) is 0.529. The van der Waals surface area contributed by atoms with Gasteiger partial charge in [0, 0.05) is 19.1 Å². The van der Waals surface area contributed by atoms with E-state index in [-0.39, 0.29) is 12.0 Å². The summed E-state index contributed by atoms with van der Waals surface area (Å²) in [6.45, 7) is 5.77. The molecule has 0 amide bonds. The maximum Gasteiger partial charge on any atom is 0.326 e. The average molecular weight is 286 g/mol. The molecule has 21 heavy (non-hydrogen) atoms. The lowest BCUT2D eigenvalue weighted by Crippen LogP contribution is -2.48. The van der Waals surface area contributed by atoms with E-state index in [0.29, 0.717) is 19.4 Å². The predicted molar refractivity (Wildman–Crippen MR) is 80.2 cm³/mol. The number of nitrogens with zero attached hydrogens (tertiary/aromatic N) is 2. The first kappa shape index (κ1) is 15.5. The van der Waals surface area contributed by atoms with E-state index in [2.05, 4.69) is 30.0 Å². The summed E-state index contributed by atoms with van der Waals surface area (Å²) < 4.78 is 5.10. The topological polar surface area (TPSA) is 53.3 Å². The van der Waals surface area contributed by atoms with Crippen molar-refractivity contribution < 1.29 is 9.53 Å². The first-order valence-electron chi connectivity index (χ1n) is 7.48. The van der Waals surface area contributed by atoms with E-state index in [1.54, 1.807) is 6.92 Å². The Labute approximate surface area is 126 Å². The molecule has 1 fully saturated rings.